The number of ketones is 1. The fourth-order valence-electron chi connectivity index (χ4n) is 2.16. The maximum absolute atomic E-state index is 12.5. The Morgan fingerprint density at radius 3 is 2.09 bits per heavy atom. The normalized spacial score (nSPS) is 11.8. The molecular formula is C20H19NO2. The Morgan fingerprint density at radius 2 is 1.61 bits per heavy atom. The number of allylic oxidation sites excluding steroid dienone is 1. The molecule has 2 aromatic carbocycles. The molecule has 2 aromatic rings. The van der Waals surface area contributed by atoms with Crippen LogP contribution in [0.2, 0.25) is 0 Å². The van der Waals surface area contributed by atoms with Gasteiger partial charge in [-0.2, -0.15) is 5.26 Å². The van der Waals surface area contributed by atoms with Crippen LogP contribution in [0.25, 0.3) is 6.08 Å². The van der Waals surface area contributed by atoms with Gasteiger partial charge in [0, 0.05) is 5.56 Å². The van der Waals surface area contributed by atoms with Crippen LogP contribution in [0.15, 0.2) is 54.1 Å². The molecule has 0 unspecified atom stereocenters. The number of hydrogen-bond donors (Lipinski definition) is 1. The van der Waals surface area contributed by atoms with E-state index in [4.69, 9.17) is 0 Å². The molecule has 0 atom stereocenters. The van der Waals surface area contributed by atoms with Crippen molar-refractivity contribution in [2.45, 2.75) is 26.2 Å². The number of nitrogens with zero attached hydrogens (tertiary/aromatic N) is 1. The average molecular weight is 305 g/mol. The minimum absolute atomic E-state index is 0.0154. The molecule has 0 bridgehead atoms. The van der Waals surface area contributed by atoms with Crippen LogP contribution in [0, 0.1) is 11.3 Å². The SMILES string of the molecule is CC(C)(C)c1ccc(C(=O)/C(C#N)=C/c2ccc(O)cc2)cc1. The third-order valence-electron chi connectivity index (χ3n) is 3.58. The summed E-state index contributed by atoms with van der Waals surface area (Å²) >= 11 is 0. The number of aromatic hydroxyl groups is 1. The van der Waals surface area contributed by atoms with Crippen molar-refractivity contribution < 1.29 is 9.90 Å². The molecule has 0 aliphatic rings. The smallest absolute Gasteiger partial charge is 0.203 e. The van der Waals surface area contributed by atoms with Crippen molar-refractivity contribution in [3.05, 3.63) is 70.8 Å². The molecule has 0 saturated carbocycles. The number of phenolic OH excluding ortho intramolecular Hbond substituents is 1. The maximum Gasteiger partial charge on any atom is 0.203 e. The largest absolute Gasteiger partial charge is 0.508 e. The number of Topliss-reactive ketones (excluding diaryl/α,β-unsaturated/α-hetero) is 1. The number of carbonyl (C=O) groups is 1. The number of carbonyl (C=O) groups excluding carboxylic acids is 1. The molecule has 3 heteroatoms. The van der Waals surface area contributed by atoms with Crippen molar-refractivity contribution in [2.75, 3.05) is 0 Å². The Kier molecular flexibility index (Phi) is 4.66. The summed E-state index contributed by atoms with van der Waals surface area (Å²) in [7, 11) is 0. The van der Waals surface area contributed by atoms with Crippen LogP contribution in [0.1, 0.15) is 42.3 Å². The van der Waals surface area contributed by atoms with Gasteiger partial charge in [0.05, 0.1) is 0 Å². The Morgan fingerprint density at radius 1 is 1.04 bits per heavy atom. The minimum atomic E-state index is -0.305. The van der Waals surface area contributed by atoms with Crippen molar-refractivity contribution in [2.24, 2.45) is 0 Å². The maximum atomic E-state index is 12.5. The topological polar surface area (TPSA) is 61.1 Å². The Labute approximate surface area is 136 Å². The summed E-state index contributed by atoms with van der Waals surface area (Å²) in [6.45, 7) is 6.32. The van der Waals surface area contributed by atoms with Crippen LogP contribution in [0.5, 0.6) is 5.75 Å². The molecule has 0 aliphatic carbocycles. The third kappa shape index (κ3) is 4.08. The van der Waals surface area contributed by atoms with E-state index in [1.54, 1.807) is 24.3 Å². The quantitative estimate of drug-likeness (QED) is 0.516. The van der Waals surface area contributed by atoms with Crippen molar-refractivity contribution in [3.8, 4) is 11.8 Å². The number of benzene rings is 2. The summed E-state index contributed by atoms with van der Waals surface area (Å²) < 4.78 is 0. The van der Waals surface area contributed by atoms with Crippen LogP contribution in [-0.4, -0.2) is 10.9 Å². The van der Waals surface area contributed by atoms with E-state index in [-0.39, 0.29) is 22.5 Å². The highest BCUT2D eigenvalue weighted by molar-refractivity contribution is 6.14. The van der Waals surface area contributed by atoms with Gasteiger partial charge < -0.3 is 5.11 Å². The van der Waals surface area contributed by atoms with Gasteiger partial charge in [0.2, 0.25) is 5.78 Å². The summed E-state index contributed by atoms with van der Waals surface area (Å²) in [6.07, 6.45) is 1.53. The van der Waals surface area contributed by atoms with Gasteiger partial charge in [-0.1, -0.05) is 57.2 Å². The summed E-state index contributed by atoms with van der Waals surface area (Å²) in [5.41, 5.74) is 2.40. The van der Waals surface area contributed by atoms with Crippen molar-refractivity contribution in [3.63, 3.8) is 0 Å². The van der Waals surface area contributed by atoms with Gasteiger partial charge in [0.15, 0.2) is 0 Å². The van der Waals surface area contributed by atoms with Crippen molar-refractivity contribution in [1.82, 2.24) is 0 Å². The molecule has 0 fully saturated rings. The predicted molar refractivity (Wildman–Crippen MR) is 91.2 cm³/mol. The van der Waals surface area contributed by atoms with Crippen LogP contribution in [0.4, 0.5) is 0 Å². The monoisotopic (exact) mass is 305 g/mol. The summed E-state index contributed by atoms with van der Waals surface area (Å²) in [6, 6.07) is 15.7. The Balaban J connectivity index is 2.30. The zero-order valence-electron chi connectivity index (χ0n) is 13.5. The molecule has 0 heterocycles. The zero-order chi connectivity index (χ0) is 17.0. The lowest BCUT2D eigenvalue weighted by atomic mass is 9.86. The third-order valence-corrected chi connectivity index (χ3v) is 3.58. The van der Waals surface area contributed by atoms with Crippen LogP contribution in [-0.2, 0) is 5.41 Å². The molecule has 0 radical (unpaired) electrons. The van der Waals surface area contributed by atoms with E-state index in [1.807, 2.05) is 18.2 Å². The molecule has 0 aromatic heterocycles. The van der Waals surface area contributed by atoms with Crippen LogP contribution < -0.4 is 0 Å². The van der Waals surface area contributed by atoms with Crippen LogP contribution >= 0.6 is 0 Å². The lowest BCUT2D eigenvalue weighted by Crippen LogP contribution is -2.11. The lowest BCUT2D eigenvalue weighted by Gasteiger charge is -2.18. The van der Waals surface area contributed by atoms with Gasteiger partial charge in [-0.25, -0.2) is 0 Å². The standard InChI is InChI=1S/C20H19NO2/c1-20(2,3)17-8-6-15(7-9-17)19(23)16(13-21)12-14-4-10-18(22)11-5-14/h4-12,22H,1-3H3/b16-12+. The molecule has 3 nitrogen and oxygen atoms in total. The second-order valence-electron chi connectivity index (χ2n) is 6.42. The molecule has 0 amide bonds. The van der Waals surface area contributed by atoms with Gasteiger partial charge >= 0.3 is 0 Å². The molecular weight excluding hydrogens is 286 g/mol. The summed E-state index contributed by atoms with van der Waals surface area (Å²) in [4.78, 5) is 12.5. The van der Waals surface area contributed by atoms with E-state index in [2.05, 4.69) is 20.8 Å². The van der Waals surface area contributed by atoms with Gasteiger partial charge in [-0.05, 0) is 34.8 Å². The minimum Gasteiger partial charge on any atom is -0.508 e. The van der Waals surface area contributed by atoms with Gasteiger partial charge in [0.1, 0.15) is 17.4 Å². The summed E-state index contributed by atoms with van der Waals surface area (Å²) in [5, 5.41) is 18.5. The average Bonchev–Trinajstić information content (AvgIpc) is 2.53. The van der Waals surface area contributed by atoms with Gasteiger partial charge in [0.25, 0.3) is 0 Å². The van der Waals surface area contributed by atoms with E-state index in [0.717, 1.165) is 5.56 Å². The molecule has 1 N–H and O–H groups in total. The van der Waals surface area contributed by atoms with E-state index < -0.39 is 0 Å². The number of phenols is 1. The highest BCUT2D eigenvalue weighted by Gasteiger charge is 2.16. The molecule has 0 aliphatic heterocycles. The lowest BCUT2D eigenvalue weighted by molar-refractivity contribution is 0.104. The fourth-order valence-corrected chi connectivity index (χ4v) is 2.16. The first-order valence-corrected chi connectivity index (χ1v) is 7.37. The first-order chi connectivity index (χ1) is 10.8. The molecule has 0 spiro atoms. The van der Waals surface area contributed by atoms with Gasteiger partial charge in [-0.15, -0.1) is 0 Å². The highest BCUT2D eigenvalue weighted by Crippen LogP contribution is 2.23. The predicted octanol–water partition coefficient (Wildman–Crippen LogP) is 4.48. The first kappa shape index (κ1) is 16.5. The first-order valence-electron chi connectivity index (χ1n) is 7.37. The van der Waals surface area contributed by atoms with Crippen molar-refractivity contribution >= 4 is 11.9 Å². The zero-order valence-corrected chi connectivity index (χ0v) is 13.5. The second kappa shape index (κ2) is 6.50. The van der Waals surface area contributed by atoms with Crippen molar-refractivity contribution in [1.29, 1.82) is 5.26 Å². The van der Waals surface area contributed by atoms with E-state index in [0.29, 0.717) is 11.1 Å². The molecule has 2 rings (SSSR count). The Bertz CT molecular complexity index is 770. The van der Waals surface area contributed by atoms with Gasteiger partial charge in [-0.3, -0.25) is 4.79 Å². The molecule has 116 valence electrons. The second-order valence-corrected chi connectivity index (χ2v) is 6.42. The number of nitriles is 1. The molecule has 23 heavy (non-hydrogen) atoms. The fraction of sp³-hybridized carbons (Fsp3) is 0.200. The van der Waals surface area contributed by atoms with E-state index in [9.17, 15) is 15.2 Å². The Hall–Kier alpha value is -2.86. The van der Waals surface area contributed by atoms with E-state index in [1.165, 1.54) is 18.2 Å². The molecule has 0 saturated heterocycles. The van der Waals surface area contributed by atoms with E-state index >= 15 is 0 Å². The highest BCUT2D eigenvalue weighted by atomic mass is 16.3. The summed E-state index contributed by atoms with van der Waals surface area (Å²) in [5.74, 6) is -0.161. The number of rotatable bonds is 3. The van der Waals surface area contributed by atoms with Crippen LogP contribution in [0.3, 0.4) is 0 Å². The number of hydrogen-bond acceptors (Lipinski definition) is 3.